The van der Waals surface area contributed by atoms with Gasteiger partial charge in [0.2, 0.25) is 0 Å². The highest BCUT2D eigenvalue weighted by molar-refractivity contribution is 5.86. The Bertz CT molecular complexity index is 205. The van der Waals surface area contributed by atoms with Crippen LogP contribution in [0.1, 0.15) is 11.7 Å². The molecule has 0 amide bonds. The average Bonchev–Trinajstić information content (AvgIpc) is 2.09. The lowest BCUT2D eigenvalue weighted by atomic mass is 10.1. The van der Waals surface area contributed by atoms with Crippen LogP contribution in [0, 0.1) is 0 Å². The third-order valence-corrected chi connectivity index (χ3v) is 1.52. The molecule has 0 atom stereocenters. The van der Waals surface area contributed by atoms with E-state index in [4.69, 9.17) is 11.5 Å². The van der Waals surface area contributed by atoms with Crippen LogP contribution >= 0.6 is 37.2 Å². The van der Waals surface area contributed by atoms with Gasteiger partial charge in [0.05, 0.1) is 0 Å². The minimum atomic E-state index is 0. The quantitative estimate of drug-likeness (QED) is 0.841. The molecule has 0 spiro atoms. The zero-order valence-electron chi connectivity index (χ0n) is 7.50. The van der Waals surface area contributed by atoms with Crippen LogP contribution in [0.4, 0.5) is 0 Å². The van der Waals surface area contributed by atoms with Gasteiger partial charge in [0.25, 0.3) is 0 Å². The van der Waals surface area contributed by atoms with Crippen LogP contribution in [-0.2, 0) is 0 Å². The number of hydrogen-bond acceptors (Lipinski definition) is 4. The summed E-state index contributed by atoms with van der Waals surface area (Å²) < 4.78 is 0. The monoisotopic (exact) mass is 260 g/mol. The highest BCUT2D eigenvalue weighted by atomic mass is 35.5. The van der Waals surface area contributed by atoms with E-state index in [1.807, 2.05) is 0 Å². The summed E-state index contributed by atoms with van der Waals surface area (Å²) in [6.45, 7) is 1.00. The molecular formula is C7H15Cl3N4. The Balaban J connectivity index is -0.000000403. The number of halogens is 3. The minimum Gasteiger partial charge on any atom is -0.330 e. The number of hydrogen-bond donors (Lipinski definition) is 2. The molecule has 0 aliphatic rings. The second kappa shape index (κ2) is 10.9. The van der Waals surface area contributed by atoms with Crippen molar-refractivity contribution in [2.75, 3.05) is 13.1 Å². The Morgan fingerprint density at radius 2 is 1.43 bits per heavy atom. The summed E-state index contributed by atoms with van der Waals surface area (Å²) in [5.74, 6) is 0.827. The molecule has 1 aromatic heterocycles. The Hall–Kier alpha value is -0.130. The van der Waals surface area contributed by atoms with Gasteiger partial charge in [-0.05, 0) is 6.07 Å². The Kier molecular flexibility index (Phi) is 15.2. The lowest BCUT2D eigenvalue weighted by molar-refractivity contribution is 0.660. The summed E-state index contributed by atoms with van der Waals surface area (Å²) in [5.41, 5.74) is 10.9. The first-order valence-corrected chi connectivity index (χ1v) is 3.55. The van der Waals surface area contributed by atoms with Crippen LogP contribution in [0.5, 0.6) is 0 Å². The molecule has 0 radical (unpaired) electrons. The lowest BCUT2D eigenvalue weighted by Gasteiger charge is -2.08. The van der Waals surface area contributed by atoms with Gasteiger partial charge in [-0.1, -0.05) is 0 Å². The van der Waals surface area contributed by atoms with Gasteiger partial charge in [0.1, 0.15) is 5.82 Å². The summed E-state index contributed by atoms with van der Waals surface area (Å²) in [6, 6.07) is 1.77. The fraction of sp³-hybridized carbons (Fsp3) is 0.429. The first kappa shape index (κ1) is 19.4. The summed E-state index contributed by atoms with van der Waals surface area (Å²) in [5, 5.41) is 0. The molecule has 7 heteroatoms. The van der Waals surface area contributed by atoms with Crippen molar-refractivity contribution in [3.05, 3.63) is 24.3 Å². The number of aromatic nitrogens is 2. The highest BCUT2D eigenvalue weighted by Crippen LogP contribution is 2.04. The molecule has 0 saturated heterocycles. The molecule has 4 N–H and O–H groups in total. The van der Waals surface area contributed by atoms with Gasteiger partial charge in [-0.3, -0.25) is 0 Å². The first-order valence-electron chi connectivity index (χ1n) is 3.55. The van der Waals surface area contributed by atoms with E-state index in [2.05, 4.69) is 9.97 Å². The van der Waals surface area contributed by atoms with Crippen LogP contribution in [0.25, 0.3) is 0 Å². The number of nitrogens with zero attached hydrogens (tertiary/aromatic N) is 2. The second-order valence-electron chi connectivity index (χ2n) is 2.28. The molecule has 0 fully saturated rings. The molecule has 0 bridgehead atoms. The Morgan fingerprint density at radius 1 is 1.00 bits per heavy atom. The van der Waals surface area contributed by atoms with E-state index in [0.717, 1.165) is 5.82 Å². The molecule has 1 heterocycles. The van der Waals surface area contributed by atoms with Gasteiger partial charge in [0, 0.05) is 31.4 Å². The Labute approximate surface area is 102 Å². The van der Waals surface area contributed by atoms with Crippen molar-refractivity contribution in [2.24, 2.45) is 11.5 Å². The SMILES string of the molecule is Cl.Cl.Cl.NCC(CN)c1ncccn1. The summed E-state index contributed by atoms with van der Waals surface area (Å²) in [7, 11) is 0. The normalized spacial score (nSPS) is 8.21. The predicted molar refractivity (Wildman–Crippen MR) is 64.6 cm³/mol. The van der Waals surface area contributed by atoms with E-state index in [9.17, 15) is 0 Å². The van der Waals surface area contributed by atoms with E-state index < -0.39 is 0 Å². The van der Waals surface area contributed by atoms with Gasteiger partial charge in [-0.25, -0.2) is 9.97 Å². The van der Waals surface area contributed by atoms with Crippen LogP contribution in [0.3, 0.4) is 0 Å². The molecular weight excluding hydrogens is 246 g/mol. The van der Waals surface area contributed by atoms with Gasteiger partial charge in [-0.2, -0.15) is 0 Å². The van der Waals surface area contributed by atoms with Crippen LogP contribution in [0.15, 0.2) is 18.5 Å². The maximum absolute atomic E-state index is 5.46. The first-order chi connectivity index (χ1) is 5.38. The van der Waals surface area contributed by atoms with Gasteiger partial charge in [0.15, 0.2) is 0 Å². The van der Waals surface area contributed by atoms with Crippen LogP contribution < -0.4 is 11.5 Å². The van der Waals surface area contributed by atoms with E-state index in [1.54, 1.807) is 18.5 Å². The van der Waals surface area contributed by atoms with Crippen molar-refractivity contribution < 1.29 is 0 Å². The van der Waals surface area contributed by atoms with Crippen molar-refractivity contribution in [2.45, 2.75) is 5.92 Å². The van der Waals surface area contributed by atoms with E-state index in [0.29, 0.717) is 13.1 Å². The minimum absolute atomic E-state index is 0. The molecule has 0 aromatic carbocycles. The summed E-state index contributed by atoms with van der Waals surface area (Å²) >= 11 is 0. The lowest BCUT2D eigenvalue weighted by Crippen LogP contribution is -2.22. The second-order valence-corrected chi connectivity index (χ2v) is 2.28. The summed E-state index contributed by atoms with van der Waals surface area (Å²) in [4.78, 5) is 8.10. The third kappa shape index (κ3) is 5.57. The molecule has 0 unspecified atom stereocenters. The fourth-order valence-corrected chi connectivity index (χ4v) is 0.828. The predicted octanol–water partition coefficient (Wildman–Crippen LogP) is 0.743. The largest absolute Gasteiger partial charge is 0.330 e. The zero-order valence-corrected chi connectivity index (χ0v) is 9.95. The number of rotatable bonds is 3. The standard InChI is InChI=1S/C7H12N4.3ClH/c8-4-6(5-9)7-10-2-1-3-11-7;;;/h1-3,6H,4-5,8-9H2;3*1H. The van der Waals surface area contributed by atoms with Crippen molar-refractivity contribution >= 4 is 37.2 Å². The molecule has 0 aliphatic carbocycles. The topological polar surface area (TPSA) is 77.8 Å². The molecule has 0 saturated carbocycles. The van der Waals surface area contributed by atoms with Crippen molar-refractivity contribution in [1.82, 2.24) is 9.97 Å². The van der Waals surface area contributed by atoms with Gasteiger partial charge in [-0.15, -0.1) is 37.2 Å². The molecule has 4 nitrogen and oxygen atoms in total. The van der Waals surface area contributed by atoms with Crippen molar-refractivity contribution in [1.29, 1.82) is 0 Å². The van der Waals surface area contributed by atoms with Gasteiger partial charge >= 0.3 is 0 Å². The Morgan fingerprint density at radius 3 is 1.79 bits per heavy atom. The van der Waals surface area contributed by atoms with Crippen LogP contribution in [-0.4, -0.2) is 23.1 Å². The smallest absolute Gasteiger partial charge is 0.133 e. The number of nitrogens with two attached hydrogens (primary N) is 2. The average molecular weight is 262 g/mol. The van der Waals surface area contributed by atoms with E-state index >= 15 is 0 Å². The maximum Gasteiger partial charge on any atom is 0.133 e. The maximum atomic E-state index is 5.46. The fourth-order valence-electron chi connectivity index (χ4n) is 0.828. The molecule has 14 heavy (non-hydrogen) atoms. The van der Waals surface area contributed by atoms with E-state index in [-0.39, 0.29) is 43.1 Å². The zero-order chi connectivity index (χ0) is 8.10. The van der Waals surface area contributed by atoms with Crippen molar-refractivity contribution in [3.8, 4) is 0 Å². The van der Waals surface area contributed by atoms with E-state index in [1.165, 1.54) is 0 Å². The van der Waals surface area contributed by atoms with Crippen molar-refractivity contribution in [3.63, 3.8) is 0 Å². The third-order valence-electron chi connectivity index (χ3n) is 1.52. The summed E-state index contributed by atoms with van der Waals surface area (Å²) in [6.07, 6.45) is 3.39. The van der Waals surface area contributed by atoms with Crippen LogP contribution in [0.2, 0.25) is 0 Å². The molecule has 84 valence electrons. The highest BCUT2D eigenvalue weighted by Gasteiger charge is 2.08. The molecule has 0 aliphatic heterocycles. The van der Waals surface area contributed by atoms with Gasteiger partial charge < -0.3 is 11.5 Å². The molecule has 1 aromatic rings. The molecule has 1 rings (SSSR count).